The third-order valence-corrected chi connectivity index (χ3v) is 34.9. The zero-order chi connectivity index (χ0) is 92.4. The maximum atomic E-state index is 4.37. The minimum atomic E-state index is -0.0624. The minimum Gasteiger partial charge on any atom is -0.311 e. The van der Waals surface area contributed by atoms with Gasteiger partial charge in [-0.3, -0.25) is 4.98 Å². The normalized spacial score (nSPS) is 12.4. The fraction of sp³-hybridized carbons (Fsp3) is 0.0227. The van der Waals surface area contributed by atoms with Crippen LogP contribution in [0.1, 0.15) is 25.0 Å². The van der Waals surface area contributed by atoms with Crippen molar-refractivity contribution in [2.45, 2.75) is 19.3 Å². The van der Waals surface area contributed by atoms with E-state index in [-0.39, 0.29) is 5.41 Å². The molecular weight excluding hydrogens is 1790 g/mol. The SMILES string of the molecule is CC1(C)c2ccccc2-c2ccc(-c3c(-c4csc5ccccc45)c4ccc5c6ccccc6sc5c4c4ccccc34)cc21.c1ccc(-n2c3ccccc3c3cc(-c4c(-c5csc6ccccc56)c5ccc6c7ccccc7sc6c5c5ccccc45)ccc32)cc1.c1ccc(N(c2ccccc2)c2ccc(-c3c(-c4ccncc4)c4ccccc4c4c3ccc3c5ccccc5sc34)cc2)cc1. The molecule has 0 amide bonds. The summed E-state index contributed by atoms with van der Waals surface area (Å²) in [6, 6.07) is 163. The highest BCUT2D eigenvalue weighted by molar-refractivity contribution is 7.28. The molecule has 0 saturated carbocycles. The summed E-state index contributed by atoms with van der Waals surface area (Å²) in [5.41, 5.74) is 27.7. The highest BCUT2D eigenvalue weighted by atomic mass is 32.1. The molecule has 0 N–H and O–H groups in total. The Morgan fingerprint density at radius 1 is 0.221 bits per heavy atom. The molecule has 0 atom stereocenters. The van der Waals surface area contributed by atoms with Gasteiger partial charge in [0.2, 0.25) is 0 Å². The van der Waals surface area contributed by atoms with Crippen molar-refractivity contribution in [3.8, 4) is 83.6 Å². The van der Waals surface area contributed by atoms with Crippen LogP contribution in [0.3, 0.4) is 0 Å². The predicted molar refractivity (Wildman–Crippen MR) is 611 cm³/mol. The molecule has 656 valence electrons. The number of rotatable bonds is 10. The van der Waals surface area contributed by atoms with Crippen LogP contribution in [0.25, 0.3) is 251 Å². The van der Waals surface area contributed by atoms with Crippen molar-refractivity contribution in [3.63, 3.8) is 0 Å². The highest BCUT2D eigenvalue weighted by Gasteiger charge is 2.37. The first-order valence-corrected chi connectivity index (χ1v) is 52.0. The predicted octanol–water partition coefficient (Wildman–Crippen LogP) is 39.8. The lowest BCUT2D eigenvalue weighted by Crippen LogP contribution is -2.14. The second kappa shape index (κ2) is 33.0. The Hall–Kier alpha value is -16.3. The van der Waals surface area contributed by atoms with Gasteiger partial charge in [0.1, 0.15) is 0 Å². The van der Waals surface area contributed by atoms with Crippen molar-refractivity contribution >= 4 is 241 Å². The van der Waals surface area contributed by atoms with Crippen LogP contribution < -0.4 is 4.90 Å². The Labute approximate surface area is 828 Å². The summed E-state index contributed by atoms with van der Waals surface area (Å²) in [6.45, 7) is 4.76. The molecule has 0 radical (unpaired) electrons. The van der Waals surface area contributed by atoms with Gasteiger partial charge in [0.15, 0.2) is 0 Å². The van der Waals surface area contributed by atoms with E-state index >= 15 is 0 Å². The van der Waals surface area contributed by atoms with E-state index in [1.54, 1.807) is 0 Å². The number of benzene rings is 22. The van der Waals surface area contributed by atoms with Gasteiger partial charge in [-0.15, -0.1) is 56.7 Å². The molecule has 0 fully saturated rings. The summed E-state index contributed by atoms with van der Waals surface area (Å²) >= 11 is 9.43. The molecule has 1 aliphatic carbocycles. The van der Waals surface area contributed by atoms with Gasteiger partial charge in [0, 0.05) is 159 Å². The number of thiophene rings is 5. The lowest BCUT2D eigenvalue weighted by molar-refractivity contribution is 0.660. The summed E-state index contributed by atoms with van der Waals surface area (Å²) in [5, 5.41) is 33.6. The van der Waals surface area contributed by atoms with Crippen LogP contribution in [0.15, 0.2) is 466 Å². The average Bonchev–Trinajstić information content (AvgIpc) is 1.49. The number of fused-ring (bicyclic) bond motifs is 29. The molecule has 0 saturated heterocycles. The Kier molecular flexibility index (Phi) is 19.3. The molecule has 140 heavy (non-hydrogen) atoms. The van der Waals surface area contributed by atoms with Crippen LogP contribution in [0.2, 0.25) is 0 Å². The lowest BCUT2D eigenvalue weighted by atomic mass is 9.80. The van der Waals surface area contributed by atoms with E-state index in [2.05, 4.69) is 482 Å². The lowest BCUT2D eigenvalue weighted by Gasteiger charge is -2.26. The maximum absolute atomic E-state index is 4.37. The second-order valence-corrected chi connectivity index (χ2v) is 42.2. The first-order valence-electron chi connectivity index (χ1n) is 47.8. The zero-order valence-corrected chi connectivity index (χ0v) is 80.4. The highest BCUT2D eigenvalue weighted by Crippen LogP contribution is 2.58. The number of aromatic nitrogens is 2. The van der Waals surface area contributed by atoms with Crippen molar-refractivity contribution in [2.24, 2.45) is 0 Å². The van der Waals surface area contributed by atoms with Gasteiger partial charge >= 0.3 is 0 Å². The Morgan fingerprint density at radius 2 is 0.564 bits per heavy atom. The van der Waals surface area contributed by atoms with Gasteiger partial charge in [0.25, 0.3) is 0 Å². The van der Waals surface area contributed by atoms with Gasteiger partial charge in [-0.2, -0.15) is 0 Å². The van der Waals surface area contributed by atoms with E-state index in [0.29, 0.717) is 0 Å². The average molecular weight is 1870 g/mol. The maximum Gasteiger partial charge on any atom is 0.0541 e. The third kappa shape index (κ3) is 12.9. The number of nitrogens with zero attached hydrogens (tertiary/aromatic N) is 3. The van der Waals surface area contributed by atoms with Crippen LogP contribution in [-0.4, -0.2) is 9.55 Å². The molecule has 8 heteroatoms. The van der Waals surface area contributed by atoms with Gasteiger partial charge in [-0.1, -0.05) is 341 Å². The summed E-state index contributed by atoms with van der Waals surface area (Å²) in [7, 11) is 0. The van der Waals surface area contributed by atoms with E-state index < -0.39 is 0 Å². The molecule has 22 aromatic carbocycles. The third-order valence-electron chi connectivity index (χ3n) is 29.4. The molecule has 7 heterocycles. The first kappa shape index (κ1) is 82.0. The van der Waals surface area contributed by atoms with Crippen molar-refractivity contribution in [1.82, 2.24) is 9.55 Å². The standard InChI is InChI=1S/C46H27NS2.C43H28N2S.C43H28S2/c1-2-12-29(13-3-1)47-39-19-9-6-14-30(39)37-26-28(22-25-40(37)47)43-33-17-4-5-18-34(33)45-36(44(43)38-27-48-41-20-10-7-16-32(38)41)24-23-35-31-15-8-11-21-42(31)49-46(35)45;1-3-11-31(12-4-1)45(32-13-5-2-6-14-32)33-21-19-29(20-22-33)41-38-24-23-37-34-15-9-10-18-39(34)46-43(37)42(38)36-17-8-7-16-35(36)40(41)30-25-27-44-28-26-30;1-43(2)35-16-8-5-11-26(35)27-20-19-25(23-36(27)43)39-30-14-3-4-15-31(30)41-33(40(39)34-24-44-37-17-9-6-13-29(34)37)22-21-32-28-12-7-10-18-38(28)45-42(32)41/h1-27H;1-28H;3-24H,1-2H3. The van der Waals surface area contributed by atoms with Crippen LogP contribution in [0, 0.1) is 0 Å². The van der Waals surface area contributed by atoms with Crippen molar-refractivity contribution in [1.29, 1.82) is 0 Å². The first-order chi connectivity index (χ1) is 69.3. The van der Waals surface area contributed by atoms with Crippen LogP contribution >= 0.6 is 56.7 Å². The van der Waals surface area contributed by atoms with Gasteiger partial charge in [0.05, 0.1) is 11.0 Å². The number of hydrogen-bond donors (Lipinski definition) is 0. The van der Waals surface area contributed by atoms with Crippen LogP contribution in [0.4, 0.5) is 17.1 Å². The van der Waals surface area contributed by atoms with Crippen LogP contribution in [-0.2, 0) is 5.41 Å². The van der Waals surface area contributed by atoms with Gasteiger partial charge in [-0.05, 0) is 252 Å². The summed E-state index contributed by atoms with van der Waals surface area (Å²) in [6.07, 6.45) is 3.79. The Bertz CT molecular complexity index is 10100. The number of pyridine rings is 1. The topological polar surface area (TPSA) is 21.1 Å². The van der Waals surface area contributed by atoms with E-state index in [1.165, 1.54) is 262 Å². The molecule has 3 nitrogen and oxygen atoms in total. The summed E-state index contributed by atoms with van der Waals surface area (Å²) in [4.78, 5) is 6.68. The molecule has 29 aromatic rings. The molecule has 0 unspecified atom stereocenters. The molecule has 7 aromatic heterocycles. The van der Waals surface area contributed by atoms with E-state index in [1.807, 2.05) is 69.1 Å². The second-order valence-electron chi connectivity index (χ2n) is 37.2. The number of anilines is 3. The van der Waals surface area contributed by atoms with E-state index in [9.17, 15) is 0 Å². The fourth-order valence-corrected chi connectivity index (χ4v) is 28.9. The molecule has 0 aliphatic heterocycles. The molecule has 1 aliphatic rings. The molecule has 0 spiro atoms. The van der Waals surface area contributed by atoms with Crippen LogP contribution in [0.5, 0.6) is 0 Å². The molecule has 30 rings (SSSR count). The Balaban J connectivity index is 0.000000103. The largest absolute Gasteiger partial charge is 0.311 e. The summed E-state index contributed by atoms with van der Waals surface area (Å²) in [5.74, 6) is 0. The molecular formula is C132H83N3S5. The minimum absolute atomic E-state index is 0.0624. The molecule has 0 bridgehead atoms. The van der Waals surface area contributed by atoms with Gasteiger partial charge in [-0.25, -0.2) is 0 Å². The monoisotopic (exact) mass is 1870 g/mol. The van der Waals surface area contributed by atoms with Crippen molar-refractivity contribution in [2.75, 3.05) is 4.90 Å². The van der Waals surface area contributed by atoms with E-state index in [0.717, 1.165) is 17.1 Å². The quantitative estimate of drug-likeness (QED) is 0.127. The zero-order valence-electron chi connectivity index (χ0n) is 76.3. The Morgan fingerprint density at radius 3 is 1.06 bits per heavy atom. The van der Waals surface area contributed by atoms with E-state index in [4.69, 9.17) is 0 Å². The van der Waals surface area contributed by atoms with Crippen molar-refractivity contribution in [3.05, 3.63) is 477 Å². The number of hydrogen-bond acceptors (Lipinski definition) is 7. The smallest absolute Gasteiger partial charge is 0.0541 e. The van der Waals surface area contributed by atoms with Gasteiger partial charge < -0.3 is 9.47 Å². The fourth-order valence-electron chi connectivity index (χ4n) is 23.2. The van der Waals surface area contributed by atoms with Crippen molar-refractivity contribution < 1.29 is 0 Å². The summed E-state index contributed by atoms with van der Waals surface area (Å²) < 4.78 is 13.1. The number of para-hydroxylation sites is 4.